The number of rotatable bonds is 9. The van der Waals surface area contributed by atoms with Gasteiger partial charge in [-0.2, -0.15) is 0 Å². The summed E-state index contributed by atoms with van der Waals surface area (Å²) < 4.78 is 19.7. The van der Waals surface area contributed by atoms with Crippen LogP contribution in [0.25, 0.3) is 6.08 Å². The van der Waals surface area contributed by atoms with Gasteiger partial charge in [-0.05, 0) is 73.2 Å². The fourth-order valence-corrected chi connectivity index (χ4v) is 6.52. The van der Waals surface area contributed by atoms with Crippen molar-refractivity contribution in [2.75, 3.05) is 33.9 Å². The number of aromatic nitrogens is 1. The summed E-state index contributed by atoms with van der Waals surface area (Å²) >= 11 is 3.42. The maximum absolute atomic E-state index is 14.0. The summed E-state index contributed by atoms with van der Waals surface area (Å²) in [5.41, 5.74) is 2.25. The van der Waals surface area contributed by atoms with Crippen LogP contribution in [0.5, 0.6) is 17.2 Å². The maximum Gasteiger partial charge on any atom is 0.271 e. The number of ether oxygens (including phenoxy) is 3. The van der Waals surface area contributed by atoms with Crippen LogP contribution in [0.15, 0.2) is 57.5 Å². The molecular formula is C30H30IN3O5S. The monoisotopic (exact) mass is 671 g/mol. The molecular weight excluding hydrogens is 641 g/mol. The molecule has 1 aromatic heterocycles. The van der Waals surface area contributed by atoms with Crippen LogP contribution in [0.1, 0.15) is 37.9 Å². The summed E-state index contributed by atoms with van der Waals surface area (Å²) in [7, 11) is 3.13. The first kappa shape index (κ1) is 29.4. The number of terminal acetylenes is 1. The van der Waals surface area contributed by atoms with Gasteiger partial charge in [-0.1, -0.05) is 35.5 Å². The normalized spacial score (nSPS) is 14.7. The molecule has 8 nitrogen and oxygen atoms in total. The van der Waals surface area contributed by atoms with Gasteiger partial charge in [0.2, 0.25) is 0 Å². The van der Waals surface area contributed by atoms with Gasteiger partial charge in [0.1, 0.15) is 18.4 Å². The second kappa shape index (κ2) is 12.7. The Morgan fingerprint density at radius 2 is 1.90 bits per heavy atom. The molecule has 1 amide bonds. The van der Waals surface area contributed by atoms with Crippen molar-refractivity contribution in [3.05, 3.63) is 82.1 Å². The van der Waals surface area contributed by atoms with Crippen LogP contribution in [0.2, 0.25) is 0 Å². The van der Waals surface area contributed by atoms with Crippen molar-refractivity contribution in [3.63, 3.8) is 0 Å². The fourth-order valence-electron chi connectivity index (χ4n) is 4.69. The topological polar surface area (TPSA) is 82.4 Å². The maximum atomic E-state index is 14.0. The first-order valence-electron chi connectivity index (χ1n) is 12.7. The number of para-hydroxylation sites is 1. The van der Waals surface area contributed by atoms with Crippen LogP contribution in [0.3, 0.4) is 0 Å². The minimum atomic E-state index is -0.697. The third-order valence-corrected chi connectivity index (χ3v) is 8.37. The highest BCUT2D eigenvalue weighted by atomic mass is 127. The second-order valence-electron chi connectivity index (χ2n) is 8.83. The number of likely N-dealkylation sites (N-methyl/N-ethyl adjacent to an activating group) is 1. The lowest BCUT2D eigenvalue weighted by Crippen LogP contribution is -2.43. The molecule has 0 saturated heterocycles. The van der Waals surface area contributed by atoms with Crippen molar-refractivity contribution in [2.24, 2.45) is 4.99 Å². The highest BCUT2D eigenvalue weighted by Crippen LogP contribution is 2.36. The van der Waals surface area contributed by atoms with Crippen molar-refractivity contribution >= 4 is 45.9 Å². The molecule has 0 N–H and O–H groups in total. The minimum Gasteiger partial charge on any atom is -0.496 e. The van der Waals surface area contributed by atoms with Crippen molar-refractivity contribution in [3.8, 4) is 29.6 Å². The Labute approximate surface area is 250 Å². The summed E-state index contributed by atoms with van der Waals surface area (Å²) in [5, 5.41) is 0. The number of halogens is 1. The molecule has 4 rings (SSSR count). The molecule has 0 fully saturated rings. The van der Waals surface area contributed by atoms with Crippen LogP contribution in [0, 0.1) is 15.9 Å². The first-order chi connectivity index (χ1) is 19.3. The number of nitrogens with zero attached hydrogens (tertiary/aromatic N) is 3. The zero-order valence-electron chi connectivity index (χ0n) is 23.0. The van der Waals surface area contributed by atoms with Crippen molar-refractivity contribution in [2.45, 2.75) is 26.8 Å². The number of amides is 1. The van der Waals surface area contributed by atoms with E-state index in [0.717, 1.165) is 9.13 Å². The fraction of sp³-hybridized carbons (Fsp3) is 0.300. The van der Waals surface area contributed by atoms with Gasteiger partial charge >= 0.3 is 0 Å². The van der Waals surface area contributed by atoms with Gasteiger partial charge in [0.15, 0.2) is 16.3 Å². The Hall–Kier alpha value is -3.56. The number of allylic oxidation sites excluding steroid dienone is 1. The first-order valence-corrected chi connectivity index (χ1v) is 14.6. The molecule has 208 valence electrons. The average Bonchev–Trinajstić information content (AvgIpc) is 3.25. The molecule has 0 spiro atoms. The van der Waals surface area contributed by atoms with E-state index in [0.29, 0.717) is 56.5 Å². The summed E-state index contributed by atoms with van der Waals surface area (Å²) in [6, 6.07) is 10.4. The number of fused-ring (bicyclic) bond motifs is 1. The van der Waals surface area contributed by atoms with E-state index in [1.165, 1.54) is 11.3 Å². The summed E-state index contributed by atoms with van der Waals surface area (Å²) in [4.78, 5) is 34.8. The lowest BCUT2D eigenvalue weighted by molar-refractivity contribution is -0.127. The molecule has 0 aliphatic carbocycles. The van der Waals surface area contributed by atoms with E-state index >= 15 is 0 Å². The Balaban J connectivity index is 1.95. The van der Waals surface area contributed by atoms with Crippen LogP contribution < -0.4 is 29.1 Å². The summed E-state index contributed by atoms with van der Waals surface area (Å²) in [6.07, 6.45) is 7.15. The standard InChI is InChI=1S/C30H30IN3O5S/c1-7-14-39-27-21(31)15-19(16-23(27)38-6)17-24-28(35)34-26(20-12-10-11-13-22(20)37-5)25(18(4)32-30(34)40-24)29(36)33(8-2)9-3/h1,10-13,15-17,26H,8-9,14H2,2-6H3/b24-17+/t26-/m1/s1. The van der Waals surface area contributed by atoms with Crippen LogP contribution in [-0.4, -0.2) is 49.3 Å². The number of hydrogen-bond acceptors (Lipinski definition) is 7. The number of benzene rings is 2. The average molecular weight is 672 g/mol. The molecule has 1 atom stereocenters. The largest absolute Gasteiger partial charge is 0.496 e. The highest BCUT2D eigenvalue weighted by Gasteiger charge is 2.35. The molecule has 40 heavy (non-hydrogen) atoms. The Bertz CT molecular complexity index is 1700. The van der Waals surface area contributed by atoms with Gasteiger partial charge in [0.05, 0.1) is 33.6 Å². The Morgan fingerprint density at radius 3 is 2.55 bits per heavy atom. The molecule has 0 unspecified atom stereocenters. The van der Waals surface area contributed by atoms with Gasteiger partial charge in [0.25, 0.3) is 11.5 Å². The van der Waals surface area contributed by atoms with Gasteiger partial charge < -0.3 is 19.1 Å². The molecule has 2 aromatic carbocycles. The third kappa shape index (κ3) is 5.53. The zero-order valence-corrected chi connectivity index (χ0v) is 26.0. The SMILES string of the molecule is C#CCOc1c(I)cc(/C=c2/sc3n(c2=O)[C@H](c2ccccc2OC)C(C(=O)N(CC)CC)=C(C)N=3)cc1OC. The molecule has 1 aliphatic rings. The second-order valence-corrected chi connectivity index (χ2v) is 11.0. The van der Waals surface area contributed by atoms with Gasteiger partial charge in [-0.15, -0.1) is 6.42 Å². The van der Waals surface area contributed by atoms with Crippen LogP contribution >= 0.6 is 33.9 Å². The van der Waals surface area contributed by atoms with Crippen LogP contribution in [0.4, 0.5) is 0 Å². The molecule has 10 heteroatoms. The smallest absolute Gasteiger partial charge is 0.271 e. The number of thiazole rings is 1. The zero-order chi connectivity index (χ0) is 29.0. The van der Waals surface area contributed by atoms with Crippen LogP contribution in [-0.2, 0) is 4.79 Å². The number of carbonyl (C=O) groups excluding carboxylic acids is 1. The lowest BCUT2D eigenvalue weighted by atomic mass is 9.94. The predicted molar refractivity (Wildman–Crippen MR) is 165 cm³/mol. The summed E-state index contributed by atoms with van der Waals surface area (Å²) in [6.45, 7) is 6.87. The highest BCUT2D eigenvalue weighted by molar-refractivity contribution is 14.1. The minimum absolute atomic E-state index is 0.112. The van der Waals surface area contributed by atoms with Crippen molar-refractivity contribution < 1.29 is 19.0 Å². The Morgan fingerprint density at radius 1 is 1.20 bits per heavy atom. The summed E-state index contributed by atoms with van der Waals surface area (Å²) in [5.74, 6) is 3.95. The Kier molecular flexibility index (Phi) is 9.37. The molecule has 0 bridgehead atoms. The third-order valence-electron chi connectivity index (χ3n) is 6.59. The van der Waals surface area contributed by atoms with E-state index in [1.54, 1.807) is 35.8 Å². The molecule has 0 radical (unpaired) electrons. The molecule has 2 heterocycles. The van der Waals surface area contributed by atoms with E-state index in [4.69, 9.17) is 25.6 Å². The quantitative estimate of drug-likeness (QED) is 0.256. The van der Waals surface area contributed by atoms with Gasteiger partial charge in [0, 0.05) is 18.7 Å². The number of methoxy groups -OCH3 is 2. The van der Waals surface area contributed by atoms with E-state index in [2.05, 4.69) is 28.5 Å². The van der Waals surface area contributed by atoms with Crippen molar-refractivity contribution in [1.82, 2.24) is 9.47 Å². The van der Waals surface area contributed by atoms with E-state index in [1.807, 2.05) is 51.1 Å². The van der Waals surface area contributed by atoms with E-state index in [-0.39, 0.29) is 18.1 Å². The number of hydrogen-bond donors (Lipinski definition) is 0. The van der Waals surface area contributed by atoms with Gasteiger partial charge in [-0.25, -0.2) is 4.99 Å². The lowest BCUT2D eigenvalue weighted by Gasteiger charge is -2.29. The predicted octanol–water partition coefficient (Wildman–Crippen LogP) is 3.74. The van der Waals surface area contributed by atoms with Gasteiger partial charge in [-0.3, -0.25) is 14.2 Å². The molecule has 0 saturated carbocycles. The van der Waals surface area contributed by atoms with E-state index in [9.17, 15) is 9.59 Å². The van der Waals surface area contributed by atoms with E-state index < -0.39 is 6.04 Å². The molecule has 1 aliphatic heterocycles. The van der Waals surface area contributed by atoms with Crippen molar-refractivity contribution in [1.29, 1.82) is 0 Å². The molecule has 3 aromatic rings. The number of carbonyl (C=O) groups is 1.